The van der Waals surface area contributed by atoms with E-state index in [0.717, 1.165) is 4.57 Å². The lowest BCUT2D eigenvalue weighted by Gasteiger charge is -2.28. The molecule has 0 unspecified atom stereocenters. The standard InChI is InChI=1S/C24H22F3N7O2/c25-24(26,27)22-30-17-3-1-2-4-19(17)34(22)23-31-18(13-20(32-23)33-9-11-36-12-10-33)15-5-7-16(8-6-15)29-21(35)14-28/h1-8,13H,9-12,14,28H2,(H,29,35). The zero-order valence-electron chi connectivity index (χ0n) is 19.0. The number of hydrogen-bond acceptors (Lipinski definition) is 7. The van der Waals surface area contributed by atoms with Crippen LogP contribution in [-0.4, -0.2) is 58.3 Å². The Bertz CT molecular complexity index is 1400. The minimum absolute atomic E-state index is 0.143. The van der Waals surface area contributed by atoms with Crippen LogP contribution < -0.4 is 16.0 Å². The van der Waals surface area contributed by atoms with Crippen molar-refractivity contribution in [3.8, 4) is 17.2 Å². The van der Waals surface area contributed by atoms with Gasteiger partial charge in [-0.1, -0.05) is 24.3 Å². The van der Waals surface area contributed by atoms with E-state index in [1.165, 1.54) is 6.07 Å². The SMILES string of the molecule is NCC(=O)Nc1ccc(-c2cc(N3CCOCC3)nc(-n3c(C(F)(F)F)nc4ccccc43)n2)cc1. The van der Waals surface area contributed by atoms with Crippen LogP contribution >= 0.6 is 0 Å². The zero-order valence-corrected chi connectivity index (χ0v) is 19.0. The molecule has 1 amide bonds. The van der Waals surface area contributed by atoms with E-state index in [9.17, 15) is 18.0 Å². The molecule has 1 aliphatic heterocycles. The molecule has 0 radical (unpaired) electrons. The van der Waals surface area contributed by atoms with E-state index in [1.54, 1.807) is 48.5 Å². The fraction of sp³-hybridized carbons (Fsp3) is 0.250. The van der Waals surface area contributed by atoms with Crippen LogP contribution in [0.4, 0.5) is 24.7 Å². The number of halogens is 3. The number of nitrogens with one attached hydrogen (secondary N) is 1. The van der Waals surface area contributed by atoms with Crippen LogP contribution in [0.2, 0.25) is 0 Å². The molecule has 1 fully saturated rings. The van der Waals surface area contributed by atoms with Crippen molar-refractivity contribution in [1.82, 2.24) is 19.5 Å². The van der Waals surface area contributed by atoms with E-state index >= 15 is 0 Å². The number of alkyl halides is 3. The van der Waals surface area contributed by atoms with E-state index < -0.39 is 12.0 Å². The number of morpholine rings is 1. The molecule has 2 aromatic carbocycles. The minimum atomic E-state index is -4.72. The summed E-state index contributed by atoms with van der Waals surface area (Å²) in [6.07, 6.45) is -4.72. The Labute approximate surface area is 203 Å². The summed E-state index contributed by atoms with van der Waals surface area (Å²) in [5, 5.41) is 2.66. The van der Waals surface area contributed by atoms with Gasteiger partial charge in [-0.2, -0.15) is 18.2 Å². The summed E-state index contributed by atoms with van der Waals surface area (Å²) in [6, 6.07) is 14.9. The highest BCUT2D eigenvalue weighted by atomic mass is 19.4. The number of fused-ring (bicyclic) bond motifs is 1. The first-order valence-electron chi connectivity index (χ1n) is 11.2. The molecule has 36 heavy (non-hydrogen) atoms. The number of nitrogens with two attached hydrogens (primary N) is 1. The molecular formula is C24H22F3N7O2. The molecule has 4 aromatic rings. The number of hydrogen-bond donors (Lipinski definition) is 2. The van der Waals surface area contributed by atoms with Crippen LogP contribution in [0.25, 0.3) is 28.2 Å². The van der Waals surface area contributed by atoms with Crippen LogP contribution in [0.3, 0.4) is 0 Å². The molecule has 3 N–H and O–H groups in total. The predicted octanol–water partition coefficient (Wildman–Crippen LogP) is 3.24. The predicted molar refractivity (Wildman–Crippen MR) is 128 cm³/mol. The van der Waals surface area contributed by atoms with E-state index in [1.807, 2.05) is 4.90 Å². The third-order valence-corrected chi connectivity index (χ3v) is 5.70. The fourth-order valence-electron chi connectivity index (χ4n) is 3.98. The molecular weight excluding hydrogens is 475 g/mol. The number of nitrogens with zero attached hydrogens (tertiary/aromatic N) is 5. The molecule has 2 aromatic heterocycles. The molecule has 0 atom stereocenters. The maximum absolute atomic E-state index is 14.0. The number of benzene rings is 2. The van der Waals surface area contributed by atoms with Crippen LogP contribution in [0.1, 0.15) is 5.82 Å². The maximum Gasteiger partial charge on any atom is 0.450 e. The third kappa shape index (κ3) is 4.72. The summed E-state index contributed by atoms with van der Waals surface area (Å²) in [4.78, 5) is 26.4. The Morgan fingerprint density at radius 3 is 2.44 bits per heavy atom. The highest BCUT2D eigenvalue weighted by Gasteiger charge is 2.39. The lowest BCUT2D eigenvalue weighted by atomic mass is 10.1. The zero-order chi connectivity index (χ0) is 25.3. The van der Waals surface area contributed by atoms with E-state index in [-0.39, 0.29) is 29.4 Å². The minimum Gasteiger partial charge on any atom is -0.378 e. The van der Waals surface area contributed by atoms with E-state index in [0.29, 0.717) is 49.1 Å². The quantitative estimate of drug-likeness (QED) is 0.436. The van der Waals surface area contributed by atoms with Crippen molar-refractivity contribution < 1.29 is 22.7 Å². The summed E-state index contributed by atoms with van der Waals surface area (Å²) < 4.78 is 48.4. The first-order chi connectivity index (χ1) is 17.3. The number of ether oxygens (including phenoxy) is 1. The highest BCUT2D eigenvalue weighted by molar-refractivity contribution is 5.92. The van der Waals surface area contributed by atoms with Gasteiger partial charge in [-0.25, -0.2) is 9.97 Å². The lowest BCUT2D eigenvalue weighted by Crippen LogP contribution is -2.37. The van der Waals surface area contributed by atoms with Crippen LogP contribution in [0.15, 0.2) is 54.6 Å². The van der Waals surface area contributed by atoms with Gasteiger partial charge in [0.1, 0.15) is 5.82 Å². The fourth-order valence-corrected chi connectivity index (χ4v) is 3.98. The normalized spacial score (nSPS) is 14.3. The van der Waals surface area contributed by atoms with Crippen LogP contribution in [0.5, 0.6) is 0 Å². The average Bonchev–Trinajstić information content (AvgIpc) is 3.30. The molecule has 9 nitrogen and oxygen atoms in total. The highest BCUT2D eigenvalue weighted by Crippen LogP contribution is 2.34. The van der Waals surface area contributed by atoms with Gasteiger partial charge < -0.3 is 20.7 Å². The van der Waals surface area contributed by atoms with Crippen molar-refractivity contribution in [3.63, 3.8) is 0 Å². The van der Waals surface area contributed by atoms with Gasteiger partial charge in [-0.3, -0.25) is 9.36 Å². The van der Waals surface area contributed by atoms with Gasteiger partial charge in [0.2, 0.25) is 17.7 Å². The molecule has 186 valence electrons. The lowest BCUT2D eigenvalue weighted by molar-refractivity contribution is -0.145. The molecule has 0 bridgehead atoms. The maximum atomic E-state index is 14.0. The first-order valence-corrected chi connectivity index (χ1v) is 11.2. The smallest absolute Gasteiger partial charge is 0.378 e. The third-order valence-electron chi connectivity index (χ3n) is 5.70. The number of amides is 1. The second-order valence-corrected chi connectivity index (χ2v) is 8.10. The topological polar surface area (TPSA) is 111 Å². The van der Waals surface area contributed by atoms with Crippen molar-refractivity contribution in [2.24, 2.45) is 5.73 Å². The number of rotatable bonds is 5. The van der Waals surface area contributed by atoms with Gasteiger partial charge >= 0.3 is 6.18 Å². The summed E-state index contributed by atoms with van der Waals surface area (Å²) >= 11 is 0. The molecule has 12 heteroatoms. The summed E-state index contributed by atoms with van der Waals surface area (Å²) in [7, 11) is 0. The molecule has 5 rings (SSSR count). The molecule has 0 aliphatic carbocycles. The van der Waals surface area contributed by atoms with Gasteiger partial charge in [-0.15, -0.1) is 0 Å². The summed E-state index contributed by atoms with van der Waals surface area (Å²) in [6.45, 7) is 1.88. The summed E-state index contributed by atoms with van der Waals surface area (Å²) in [5.74, 6) is -1.11. The van der Waals surface area contributed by atoms with Crippen molar-refractivity contribution in [2.75, 3.05) is 43.1 Å². The molecule has 0 saturated carbocycles. The Morgan fingerprint density at radius 1 is 1.03 bits per heavy atom. The molecule has 1 aliphatic rings. The van der Waals surface area contributed by atoms with Gasteiger partial charge in [-0.05, 0) is 24.3 Å². The Hall–Kier alpha value is -4.03. The van der Waals surface area contributed by atoms with E-state index in [4.69, 9.17) is 10.5 Å². The second kappa shape index (κ2) is 9.55. The van der Waals surface area contributed by atoms with Crippen LogP contribution in [0, 0.1) is 0 Å². The Balaban J connectivity index is 1.66. The number of carbonyl (C=O) groups excluding carboxylic acids is 1. The average molecular weight is 497 g/mol. The molecule has 3 heterocycles. The van der Waals surface area contributed by atoms with Gasteiger partial charge in [0.15, 0.2) is 0 Å². The van der Waals surface area contributed by atoms with Crippen molar-refractivity contribution in [3.05, 3.63) is 60.4 Å². The number of carbonyl (C=O) groups is 1. The monoisotopic (exact) mass is 497 g/mol. The summed E-state index contributed by atoms with van der Waals surface area (Å²) in [5.41, 5.74) is 7.37. The van der Waals surface area contributed by atoms with Crippen molar-refractivity contribution >= 4 is 28.4 Å². The van der Waals surface area contributed by atoms with Gasteiger partial charge in [0, 0.05) is 30.4 Å². The van der Waals surface area contributed by atoms with E-state index in [2.05, 4.69) is 20.3 Å². The van der Waals surface area contributed by atoms with Gasteiger partial charge in [0.25, 0.3) is 0 Å². The number of aromatic nitrogens is 4. The number of anilines is 2. The first kappa shape index (κ1) is 23.7. The van der Waals surface area contributed by atoms with Crippen LogP contribution in [-0.2, 0) is 15.7 Å². The second-order valence-electron chi connectivity index (χ2n) is 8.10. The Kier molecular flexibility index (Phi) is 6.29. The number of imidazole rings is 1. The largest absolute Gasteiger partial charge is 0.450 e. The van der Waals surface area contributed by atoms with Gasteiger partial charge in [0.05, 0.1) is 36.5 Å². The Morgan fingerprint density at radius 2 is 1.75 bits per heavy atom. The number of para-hydroxylation sites is 2. The van der Waals surface area contributed by atoms with Crippen molar-refractivity contribution in [1.29, 1.82) is 0 Å². The van der Waals surface area contributed by atoms with Crippen molar-refractivity contribution in [2.45, 2.75) is 6.18 Å². The molecule has 1 saturated heterocycles. The molecule has 0 spiro atoms.